The first-order valence-corrected chi connectivity index (χ1v) is 13.5. The topological polar surface area (TPSA) is 16.8 Å². The monoisotopic (exact) mass is 477 g/mol. The second-order valence-corrected chi connectivity index (χ2v) is 10.5. The van der Waals surface area contributed by atoms with Crippen LogP contribution < -0.4 is 4.57 Å². The van der Waals surface area contributed by atoms with Gasteiger partial charge in [-0.2, -0.15) is 4.57 Å². The predicted molar refractivity (Wildman–Crippen MR) is 153 cm³/mol. The van der Waals surface area contributed by atoms with Gasteiger partial charge in [0.2, 0.25) is 5.69 Å². The Hall–Kier alpha value is -3.26. The molecular formula is C34H41N2+. The fraction of sp³-hybridized carbons (Fsp3) is 0.353. The fourth-order valence-electron chi connectivity index (χ4n) is 5.84. The van der Waals surface area contributed by atoms with Crippen LogP contribution in [0.25, 0.3) is 33.8 Å². The molecule has 0 fully saturated rings. The van der Waals surface area contributed by atoms with Gasteiger partial charge in [0, 0.05) is 11.1 Å². The molecule has 0 aliphatic rings. The van der Waals surface area contributed by atoms with Gasteiger partial charge in [-0.15, -0.1) is 0 Å². The minimum absolute atomic E-state index is 0.552. The summed E-state index contributed by atoms with van der Waals surface area (Å²) in [7, 11) is 2.19. The van der Waals surface area contributed by atoms with Crippen LogP contribution in [-0.2, 0) is 7.05 Å². The van der Waals surface area contributed by atoms with E-state index >= 15 is 0 Å². The Morgan fingerprint density at radius 3 is 1.97 bits per heavy atom. The van der Waals surface area contributed by atoms with E-state index in [4.69, 9.17) is 4.98 Å². The molecule has 0 atom stereocenters. The van der Waals surface area contributed by atoms with Crippen molar-refractivity contribution in [3.05, 3.63) is 94.7 Å². The molecule has 1 aromatic heterocycles. The van der Waals surface area contributed by atoms with Crippen LogP contribution in [0.1, 0.15) is 73.3 Å². The molecule has 0 N–H and O–H groups in total. The molecule has 0 amide bonds. The third-order valence-corrected chi connectivity index (χ3v) is 7.16. The molecule has 1 heterocycles. The Bertz CT molecular complexity index is 1330. The van der Waals surface area contributed by atoms with Gasteiger partial charge in [-0.25, -0.2) is 4.98 Å². The highest BCUT2D eigenvalue weighted by Gasteiger charge is 2.28. The molecule has 0 bridgehead atoms. The van der Waals surface area contributed by atoms with Crippen molar-refractivity contribution in [2.45, 2.75) is 73.1 Å². The van der Waals surface area contributed by atoms with E-state index in [9.17, 15) is 0 Å². The zero-order chi connectivity index (χ0) is 25.8. The number of hydrogen-bond donors (Lipinski definition) is 0. The van der Waals surface area contributed by atoms with Gasteiger partial charge >= 0.3 is 0 Å². The van der Waals surface area contributed by atoms with Crippen molar-refractivity contribution in [2.75, 3.05) is 0 Å². The number of aryl methyl sites for hydroxylation is 5. The van der Waals surface area contributed by atoms with Crippen LogP contribution in [0.5, 0.6) is 0 Å². The lowest BCUT2D eigenvalue weighted by Crippen LogP contribution is -2.33. The van der Waals surface area contributed by atoms with Gasteiger partial charge in [0.25, 0.3) is 0 Å². The third kappa shape index (κ3) is 5.43. The Morgan fingerprint density at radius 1 is 0.750 bits per heavy atom. The van der Waals surface area contributed by atoms with E-state index in [2.05, 4.69) is 120 Å². The fourth-order valence-corrected chi connectivity index (χ4v) is 5.84. The van der Waals surface area contributed by atoms with Gasteiger partial charge in [-0.05, 0) is 75.8 Å². The van der Waals surface area contributed by atoms with Gasteiger partial charge in [0.15, 0.2) is 6.20 Å². The van der Waals surface area contributed by atoms with E-state index in [0.29, 0.717) is 5.92 Å². The molecule has 0 aliphatic heterocycles. The maximum Gasteiger partial charge on any atom is 0.239 e. The lowest BCUT2D eigenvalue weighted by atomic mass is 9.82. The van der Waals surface area contributed by atoms with Crippen molar-refractivity contribution in [3.63, 3.8) is 0 Å². The Balaban J connectivity index is 2.08. The zero-order valence-corrected chi connectivity index (χ0v) is 23.2. The largest absolute Gasteiger partial charge is 0.239 e. The van der Waals surface area contributed by atoms with Crippen LogP contribution in [0.3, 0.4) is 0 Å². The highest BCUT2D eigenvalue weighted by atomic mass is 15.0. The van der Waals surface area contributed by atoms with E-state index in [-0.39, 0.29) is 0 Å². The first-order valence-electron chi connectivity index (χ1n) is 13.5. The van der Waals surface area contributed by atoms with E-state index in [0.717, 1.165) is 17.0 Å². The van der Waals surface area contributed by atoms with Crippen LogP contribution in [-0.4, -0.2) is 4.98 Å². The van der Waals surface area contributed by atoms with Crippen molar-refractivity contribution < 1.29 is 4.57 Å². The molecule has 2 nitrogen and oxygen atoms in total. The van der Waals surface area contributed by atoms with Gasteiger partial charge in [0.05, 0.1) is 5.56 Å². The molecule has 2 heteroatoms. The SMILES string of the molecule is CCCC(CCC)c1c(C)cc(C)cc1-c1c(-c2cc(C)cc(C)c2)nc(-c2ccccc2)c[n+]1C. The third-order valence-electron chi connectivity index (χ3n) is 7.16. The maximum atomic E-state index is 5.36. The van der Waals surface area contributed by atoms with Gasteiger partial charge in [-0.1, -0.05) is 85.8 Å². The van der Waals surface area contributed by atoms with Gasteiger partial charge in [-0.3, -0.25) is 0 Å². The van der Waals surface area contributed by atoms with Crippen LogP contribution in [0.2, 0.25) is 0 Å². The summed E-state index contributed by atoms with van der Waals surface area (Å²) in [6.45, 7) is 13.5. The van der Waals surface area contributed by atoms with Crippen molar-refractivity contribution in [1.82, 2.24) is 4.98 Å². The predicted octanol–water partition coefficient (Wildman–Crippen LogP) is 8.82. The summed E-state index contributed by atoms with van der Waals surface area (Å²) in [6, 6.07) is 22.1. The molecule has 0 spiro atoms. The maximum absolute atomic E-state index is 5.36. The molecule has 3 aromatic carbocycles. The van der Waals surface area contributed by atoms with Crippen LogP contribution in [0.15, 0.2) is 66.9 Å². The number of nitrogens with zero attached hydrogens (tertiary/aromatic N) is 2. The minimum atomic E-state index is 0.552. The summed E-state index contributed by atoms with van der Waals surface area (Å²) in [5, 5.41) is 0. The van der Waals surface area contributed by atoms with Gasteiger partial charge in [0.1, 0.15) is 18.4 Å². The summed E-state index contributed by atoms with van der Waals surface area (Å²) in [5.41, 5.74) is 13.7. The molecule has 186 valence electrons. The smallest absolute Gasteiger partial charge is 0.234 e. The van der Waals surface area contributed by atoms with Crippen LogP contribution in [0, 0.1) is 27.7 Å². The van der Waals surface area contributed by atoms with Crippen molar-refractivity contribution in [3.8, 4) is 33.8 Å². The quantitative estimate of drug-likeness (QED) is 0.232. The normalized spacial score (nSPS) is 11.3. The Morgan fingerprint density at radius 2 is 1.36 bits per heavy atom. The highest BCUT2D eigenvalue weighted by molar-refractivity contribution is 5.81. The standard InChI is InChI=1S/C34H41N2/c1-8-13-28(14-9-2)32-26(6)18-25(5)21-30(32)34-33(29-19-23(3)17-24(4)20-29)35-31(22-36(34)7)27-15-11-10-12-16-27/h10-12,15-22,28H,8-9,13-14H2,1-7H3/q+1. The number of rotatable bonds is 8. The zero-order valence-electron chi connectivity index (χ0n) is 23.2. The van der Waals surface area contributed by atoms with E-state index in [1.54, 1.807) is 0 Å². The first kappa shape index (κ1) is 25.8. The summed E-state index contributed by atoms with van der Waals surface area (Å²) in [6.07, 6.45) is 7.01. The lowest BCUT2D eigenvalue weighted by molar-refractivity contribution is -0.659. The summed E-state index contributed by atoms with van der Waals surface area (Å²) in [4.78, 5) is 5.36. The first-order chi connectivity index (χ1) is 17.3. The molecule has 0 radical (unpaired) electrons. The van der Waals surface area contributed by atoms with Crippen molar-refractivity contribution in [1.29, 1.82) is 0 Å². The number of benzene rings is 3. The van der Waals surface area contributed by atoms with Gasteiger partial charge < -0.3 is 0 Å². The average Bonchev–Trinajstić information content (AvgIpc) is 2.83. The molecule has 0 unspecified atom stereocenters. The summed E-state index contributed by atoms with van der Waals surface area (Å²) < 4.78 is 2.31. The summed E-state index contributed by atoms with van der Waals surface area (Å²) in [5.74, 6) is 0.552. The average molecular weight is 478 g/mol. The molecule has 36 heavy (non-hydrogen) atoms. The Labute approximate surface area is 218 Å². The molecular weight excluding hydrogens is 436 g/mol. The molecule has 0 saturated carbocycles. The van der Waals surface area contributed by atoms with E-state index in [1.165, 1.54) is 70.3 Å². The number of aromatic nitrogens is 2. The molecule has 4 aromatic rings. The second kappa shape index (κ2) is 11.2. The van der Waals surface area contributed by atoms with E-state index in [1.807, 2.05) is 0 Å². The van der Waals surface area contributed by atoms with Crippen molar-refractivity contribution in [2.24, 2.45) is 7.05 Å². The van der Waals surface area contributed by atoms with Crippen molar-refractivity contribution >= 4 is 0 Å². The number of hydrogen-bond acceptors (Lipinski definition) is 1. The summed E-state index contributed by atoms with van der Waals surface area (Å²) >= 11 is 0. The molecule has 0 aliphatic carbocycles. The van der Waals surface area contributed by atoms with E-state index < -0.39 is 0 Å². The molecule has 0 saturated heterocycles. The Kier molecular flexibility index (Phi) is 8.04. The molecule has 4 rings (SSSR count). The van der Waals surface area contributed by atoms with Crippen LogP contribution in [0.4, 0.5) is 0 Å². The lowest BCUT2D eigenvalue weighted by Gasteiger charge is -2.23. The minimum Gasteiger partial charge on any atom is -0.234 e. The highest BCUT2D eigenvalue weighted by Crippen LogP contribution is 2.40. The van der Waals surface area contributed by atoms with Crippen LogP contribution >= 0.6 is 0 Å². The second-order valence-electron chi connectivity index (χ2n) is 10.5.